The van der Waals surface area contributed by atoms with E-state index < -0.39 is 17.9 Å². The van der Waals surface area contributed by atoms with Crippen LogP contribution in [0.1, 0.15) is 135 Å². The lowest BCUT2D eigenvalue weighted by Gasteiger charge is -2.39. The highest BCUT2D eigenvalue weighted by molar-refractivity contribution is 6.19. The molecule has 4 fully saturated rings. The van der Waals surface area contributed by atoms with Gasteiger partial charge in [-0.3, -0.25) is 29.7 Å². The zero-order valence-electron chi connectivity index (χ0n) is 68.8. The van der Waals surface area contributed by atoms with Crippen LogP contribution in [-0.4, -0.2) is 218 Å². The maximum absolute atomic E-state index is 13.3. The Hall–Kier alpha value is -11.7. The minimum absolute atomic E-state index is 0.0175. The van der Waals surface area contributed by atoms with Gasteiger partial charge in [0, 0.05) is 187 Å². The second kappa shape index (κ2) is 36.3. The summed E-state index contributed by atoms with van der Waals surface area (Å²) in [4.78, 5) is 65.2. The van der Waals surface area contributed by atoms with Crippen molar-refractivity contribution >= 4 is 83.1 Å². The molecule has 13 aromatic rings. The molecule has 0 radical (unpaired) electrons. The monoisotopic (exact) mass is 1620 g/mol. The van der Waals surface area contributed by atoms with Crippen LogP contribution < -0.4 is 14.2 Å². The lowest BCUT2D eigenvalue weighted by atomic mass is 9.89. The van der Waals surface area contributed by atoms with Gasteiger partial charge in [0.05, 0.1) is 59.3 Å². The number of furan rings is 3. The first-order valence-electron chi connectivity index (χ1n) is 40.6. The van der Waals surface area contributed by atoms with Crippen molar-refractivity contribution in [1.82, 2.24) is 44.4 Å². The van der Waals surface area contributed by atoms with E-state index in [1.165, 1.54) is 77.9 Å². The number of nitrogens with zero attached hydrogens (tertiary/aromatic N) is 9. The number of benzene rings is 7. The molecule has 24 nitrogen and oxygen atoms in total. The number of fused-ring (bicyclic) bond motifs is 9. The van der Waals surface area contributed by atoms with Crippen molar-refractivity contribution in [2.24, 2.45) is 11.3 Å². The lowest BCUT2D eigenvalue weighted by Crippen LogP contribution is -2.46. The fourth-order valence-corrected chi connectivity index (χ4v) is 17.0. The Bertz CT molecular complexity index is 5750. The number of carbonyl (C=O) groups is 3. The summed E-state index contributed by atoms with van der Waals surface area (Å²) in [6.07, 6.45) is 20.3. The van der Waals surface area contributed by atoms with Crippen molar-refractivity contribution in [2.75, 3.05) is 141 Å². The minimum atomic E-state index is -0.540. The number of carbonyl (C=O) groups excluding carboxylic acids is 3. The van der Waals surface area contributed by atoms with E-state index in [-0.39, 0.29) is 57.7 Å². The SMILES string of the molecule is COC(=O)c1coc2c1c(C(c1ccncc1)N1CCN(C)CC1)c(O)c1cc(OCC(C)(C)C)ccc12.COC(=O)c1coc2c1c(C(c1ccncc1)N1CCN(C)CC1)c(O)c1cc(OCC3CCCC3)ccc12.COC(=O)c1coc2c1c(C(c1ccncc1)N1CCN(C)CC1)c(O)c1cc(OCCc3ccc(F)cc3)ccc12. The summed E-state index contributed by atoms with van der Waals surface area (Å²) in [6, 6.07) is 33.8. The van der Waals surface area contributed by atoms with Gasteiger partial charge >= 0.3 is 17.9 Å². The van der Waals surface area contributed by atoms with Crippen molar-refractivity contribution in [3.63, 3.8) is 0 Å². The Balaban J connectivity index is 0.000000140. The molecule has 3 aliphatic heterocycles. The van der Waals surface area contributed by atoms with E-state index in [1.54, 1.807) is 55.4 Å². The smallest absolute Gasteiger partial charge is 0.341 e. The molecule has 3 atom stereocenters. The number of halogens is 1. The standard InChI is InChI=1S/C33H32FN3O5.C31H35N3O5.C30H35N3O5/c1-36-14-16-37(17-15-36)30(22-9-12-35-13-10-22)29-28-27(33(39)40-2)20-42-32(28)25-8-7-24(19-26(25)31(29)38)41-18-11-21-3-5-23(34)6-4-21;1-33-13-15-34(16-14-33)28(21-9-11-32-12-10-21)27-26-25(31(36)37-2)19-39-30(26)23-8-7-22(17-24(23)29(27)35)38-18-20-5-3-4-6-20;1-30(2,3)18-38-20-6-7-21-22(16-20)27(34)25(24-23(29(35)36-5)17-37-28(21)24)26(19-8-10-31-11-9-19)33-14-12-32(4)13-15-33/h3-10,12-13,19-20,30,38H,11,14-18H2,1-2H3;7-12,17,19-20,28,35H,3-6,13-16,18H2,1-2H3;6-11,16-17,26,34H,12-15,18H2,1-5H3. The number of aromatic hydroxyl groups is 3. The molecule has 0 bridgehead atoms. The number of aromatic nitrogens is 3. The van der Waals surface area contributed by atoms with Crippen molar-refractivity contribution in [3.05, 3.63) is 233 Å². The molecule has 4 aliphatic rings. The largest absolute Gasteiger partial charge is 0.507 e. The number of phenols is 3. The Morgan fingerprint density at radius 2 is 0.773 bits per heavy atom. The van der Waals surface area contributed by atoms with Gasteiger partial charge in [0.15, 0.2) is 0 Å². The van der Waals surface area contributed by atoms with Crippen LogP contribution in [0.2, 0.25) is 0 Å². The summed E-state index contributed by atoms with van der Waals surface area (Å²) < 4.78 is 65.1. The fourth-order valence-electron chi connectivity index (χ4n) is 17.0. The second-order valence-corrected chi connectivity index (χ2v) is 32.5. The molecule has 0 amide bonds. The van der Waals surface area contributed by atoms with Crippen LogP contribution in [0.4, 0.5) is 4.39 Å². The number of esters is 3. The van der Waals surface area contributed by atoms with E-state index in [9.17, 15) is 34.1 Å². The third-order valence-corrected chi connectivity index (χ3v) is 23.4. The van der Waals surface area contributed by atoms with Crippen molar-refractivity contribution < 1.29 is 75.8 Å². The Morgan fingerprint density at radius 3 is 1.10 bits per heavy atom. The highest BCUT2D eigenvalue weighted by Crippen LogP contribution is 2.52. The zero-order chi connectivity index (χ0) is 83.2. The highest BCUT2D eigenvalue weighted by Gasteiger charge is 2.39. The molecule has 3 unspecified atom stereocenters. The molecule has 1 aliphatic carbocycles. The maximum Gasteiger partial charge on any atom is 0.341 e. The number of likely N-dealkylation sites (N-methyl/N-ethyl adjacent to an activating group) is 3. The number of rotatable bonds is 21. The van der Waals surface area contributed by atoms with Crippen LogP contribution in [-0.2, 0) is 20.6 Å². The number of piperazine rings is 3. The first-order valence-corrected chi connectivity index (χ1v) is 40.6. The first kappa shape index (κ1) is 82.4. The molecular formula is C94H102FN9O15. The molecule has 17 rings (SSSR count). The molecule has 3 N–H and O–H groups in total. The predicted molar refractivity (Wildman–Crippen MR) is 454 cm³/mol. The van der Waals surface area contributed by atoms with Crippen LogP contribution in [0.3, 0.4) is 0 Å². The maximum atomic E-state index is 13.3. The van der Waals surface area contributed by atoms with Crippen LogP contribution in [0.15, 0.2) is 184 Å². The van der Waals surface area contributed by atoms with E-state index >= 15 is 0 Å². The average Bonchev–Trinajstić information content (AvgIpc) is 1.70. The Morgan fingerprint density at radius 1 is 0.445 bits per heavy atom. The third-order valence-electron chi connectivity index (χ3n) is 23.4. The van der Waals surface area contributed by atoms with Crippen molar-refractivity contribution in [2.45, 2.75) is 71.0 Å². The van der Waals surface area contributed by atoms with E-state index in [1.807, 2.05) is 84.9 Å². The molecule has 6 aromatic heterocycles. The van der Waals surface area contributed by atoms with Gasteiger partial charge in [-0.25, -0.2) is 18.8 Å². The molecule has 620 valence electrons. The molecule has 25 heteroatoms. The quantitative estimate of drug-likeness (QED) is 0.0446. The summed E-state index contributed by atoms with van der Waals surface area (Å²) in [7, 11) is 10.3. The summed E-state index contributed by atoms with van der Waals surface area (Å²) in [5, 5.41) is 41.7. The van der Waals surface area contributed by atoms with Gasteiger partial charge in [-0.15, -0.1) is 0 Å². The summed E-state index contributed by atoms with van der Waals surface area (Å²) in [5.41, 5.74) is 8.08. The van der Waals surface area contributed by atoms with Crippen LogP contribution in [0.25, 0.3) is 65.2 Å². The van der Waals surface area contributed by atoms with Crippen LogP contribution in [0, 0.1) is 17.2 Å². The lowest BCUT2D eigenvalue weighted by molar-refractivity contribution is 0.0592. The molecule has 1 saturated carbocycles. The van der Waals surface area contributed by atoms with Crippen molar-refractivity contribution in [1.29, 1.82) is 0 Å². The summed E-state index contributed by atoms with van der Waals surface area (Å²) in [6.45, 7) is 17.9. The summed E-state index contributed by atoms with van der Waals surface area (Å²) >= 11 is 0. The van der Waals surface area contributed by atoms with E-state index in [4.69, 9.17) is 41.7 Å². The van der Waals surface area contributed by atoms with Crippen molar-refractivity contribution in [3.8, 4) is 34.5 Å². The first-order chi connectivity index (χ1) is 57.7. The molecule has 7 aromatic carbocycles. The number of hydrogen-bond donors (Lipinski definition) is 3. The highest BCUT2D eigenvalue weighted by atomic mass is 19.1. The van der Waals surface area contributed by atoms with Gasteiger partial charge in [0.1, 0.15) is 92.5 Å². The van der Waals surface area contributed by atoms with E-state index in [0.29, 0.717) is 126 Å². The fraction of sp³-hybridized carbons (Fsp3) is 0.362. The minimum Gasteiger partial charge on any atom is -0.507 e. The van der Waals surface area contributed by atoms with E-state index in [0.717, 1.165) is 112 Å². The summed E-state index contributed by atoms with van der Waals surface area (Å²) in [5.74, 6) is 0.966. The number of methoxy groups -OCH3 is 3. The Kier molecular flexibility index (Phi) is 25.1. The van der Waals surface area contributed by atoms with Gasteiger partial charge in [0.2, 0.25) is 0 Å². The molecule has 9 heterocycles. The van der Waals surface area contributed by atoms with Gasteiger partial charge in [0.25, 0.3) is 0 Å². The Labute approximate surface area is 690 Å². The van der Waals surface area contributed by atoms with E-state index in [2.05, 4.69) is 86.3 Å². The molecule has 3 saturated heterocycles. The van der Waals surface area contributed by atoms with Crippen LogP contribution in [0.5, 0.6) is 34.5 Å². The number of pyridine rings is 3. The topological polar surface area (TPSA) is 265 Å². The van der Waals surface area contributed by atoms with Gasteiger partial charge in [-0.1, -0.05) is 45.7 Å². The molecule has 0 spiro atoms. The second-order valence-electron chi connectivity index (χ2n) is 32.5. The molecular weight excluding hydrogens is 1510 g/mol. The molecule has 119 heavy (non-hydrogen) atoms. The normalized spacial score (nSPS) is 16.5. The predicted octanol–water partition coefficient (Wildman–Crippen LogP) is 16.2. The van der Waals surface area contributed by atoms with Gasteiger partial charge in [-0.2, -0.15) is 0 Å². The average molecular weight is 1620 g/mol. The number of hydrogen-bond acceptors (Lipinski definition) is 24. The van der Waals surface area contributed by atoms with Gasteiger partial charge < -0.3 is 71.7 Å². The number of phenolic OH excluding ortho intramolecular Hbond substituents is 3. The van der Waals surface area contributed by atoms with Gasteiger partial charge in [-0.05, 0) is 171 Å². The number of ether oxygens (including phenoxy) is 6. The third kappa shape index (κ3) is 17.6. The van der Waals surface area contributed by atoms with Crippen LogP contribution >= 0.6 is 0 Å². The zero-order valence-corrected chi connectivity index (χ0v) is 68.8.